The molecule has 17 heteroatoms. The van der Waals surface area contributed by atoms with Gasteiger partial charge in [-0.25, -0.2) is 10.7 Å². The fraction of sp³-hybridized carbons (Fsp3) is 0.562. The summed E-state index contributed by atoms with van der Waals surface area (Å²) >= 11 is 0. The summed E-state index contributed by atoms with van der Waals surface area (Å²) in [4.78, 5) is 55.8. The number of nitrogens with two attached hydrogens (primary N) is 3. The number of nitrogens with one attached hydrogen (secondary N) is 5. The maximum atomic E-state index is 12.8. The van der Waals surface area contributed by atoms with Crippen LogP contribution in [-0.4, -0.2) is 87.6 Å². The van der Waals surface area contributed by atoms with Gasteiger partial charge >= 0.3 is 11.7 Å². The monoisotopic (exact) mass is 682 g/mol. The van der Waals surface area contributed by atoms with E-state index < -0.39 is 11.9 Å². The van der Waals surface area contributed by atoms with Crippen molar-refractivity contribution in [2.24, 2.45) is 17.5 Å². The van der Waals surface area contributed by atoms with Crippen molar-refractivity contribution >= 4 is 34.8 Å². The third-order valence-corrected chi connectivity index (χ3v) is 8.54. The summed E-state index contributed by atoms with van der Waals surface area (Å²) in [6, 6.07) is 7.66. The zero-order chi connectivity index (χ0) is 35.2. The molecule has 2 amide bonds. The number of H-pyrrole nitrogens is 1. The number of carbonyl (C=O) groups is 2. The molecule has 0 bridgehead atoms. The maximum absolute atomic E-state index is 12.8. The third kappa shape index (κ3) is 11.4. The molecule has 49 heavy (non-hydrogen) atoms. The number of benzene rings is 1. The van der Waals surface area contributed by atoms with Gasteiger partial charge in [-0.1, -0.05) is 37.6 Å². The highest BCUT2D eigenvalue weighted by atomic mass is 16.6. The number of aromatic nitrogens is 4. The van der Waals surface area contributed by atoms with Gasteiger partial charge in [0.1, 0.15) is 18.2 Å². The Morgan fingerprint density at radius 1 is 1.08 bits per heavy atom. The van der Waals surface area contributed by atoms with E-state index in [9.17, 15) is 14.4 Å². The Bertz CT molecular complexity index is 1580. The summed E-state index contributed by atoms with van der Waals surface area (Å²) < 4.78 is 7.18. The van der Waals surface area contributed by atoms with Gasteiger partial charge in [-0.15, -0.1) is 0 Å². The molecule has 1 saturated heterocycles. The van der Waals surface area contributed by atoms with Gasteiger partial charge in [-0.3, -0.25) is 29.3 Å². The first kappa shape index (κ1) is 37.1. The number of hydrogen-bond acceptors (Lipinski definition) is 11. The molecular weight excluding hydrogens is 632 g/mol. The van der Waals surface area contributed by atoms with Gasteiger partial charge in [0, 0.05) is 19.6 Å². The predicted molar refractivity (Wildman–Crippen MR) is 185 cm³/mol. The topological polar surface area (TPSA) is 257 Å². The summed E-state index contributed by atoms with van der Waals surface area (Å²) in [5, 5.41) is 15.6. The molecule has 1 aliphatic rings. The average molecular weight is 683 g/mol. The molecule has 0 spiro atoms. The molecule has 4 rings (SSSR count). The highest BCUT2D eigenvalue weighted by molar-refractivity contribution is 5.88. The summed E-state index contributed by atoms with van der Waals surface area (Å²) in [7, 11) is 0. The van der Waals surface area contributed by atoms with Gasteiger partial charge in [0.25, 0.3) is 0 Å². The van der Waals surface area contributed by atoms with E-state index in [-0.39, 0.29) is 36.0 Å². The number of aromatic amines is 1. The minimum atomic E-state index is -0.733. The van der Waals surface area contributed by atoms with Crippen LogP contribution in [0.4, 0.5) is 5.82 Å². The van der Waals surface area contributed by atoms with E-state index in [1.54, 1.807) is 4.57 Å². The molecular formula is C32H50N12O5. The number of piperidine rings is 1. The van der Waals surface area contributed by atoms with Gasteiger partial charge in [0.15, 0.2) is 17.4 Å². The van der Waals surface area contributed by atoms with Crippen molar-refractivity contribution in [1.82, 2.24) is 40.4 Å². The van der Waals surface area contributed by atoms with Crippen LogP contribution in [0.3, 0.4) is 0 Å². The summed E-state index contributed by atoms with van der Waals surface area (Å²) in [6.45, 7) is 6.20. The number of amides is 2. The maximum Gasteiger partial charge on any atom is 0.328 e. The molecule has 3 heterocycles. The van der Waals surface area contributed by atoms with Crippen LogP contribution in [0.25, 0.3) is 11.2 Å². The molecule has 2 aromatic heterocycles. The van der Waals surface area contributed by atoms with Crippen LogP contribution in [0.15, 0.2) is 29.1 Å². The molecule has 0 radical (unpaired) electrons. The molecule has 1 fully saturated rings. The Hall–Kier alpha value is -4.74. The zero-order valence-electron chi connectivity index (χ0n) is 28.1. The van der Waals surface area contributed by atoms with Crippen LogP contribution < -0.4 is 43.7 Å². The van der Waals surface area contributed by atoms with E-state index in [0.29, 0.717) is 56.2 Å². The Morgan fingerprint density at radius 3 is 2.47 bits per heavy atom. The molecule has 11 N–H and O–H groups in total. The van der Waals surface area contributed by atoms with Gasteiger partial charge in [-0.2, -0.15) is 9.97 Å². The number of guanidine groups is 1. The standard InChI is InChI=1S/C32H50N12O5/c1-2-3-17-48-31-41-27(33)26-28(42-31)44(32(47)40-26)19-23-8-6-22(7-9-23)18-43-15-11-21(12-16-43)10-14-37-29(46)24(39-25(45)20-49-36)5-4-13-38-30(34)35/h6-9,21,24H,2-5,10-20,36H2,1H3,(H,37,46)(H,39,45)(H,40,47)(H2,33,41,42)(H4,34,35,38). The molecule has 0 aliphatic carbocycles. The van der Waals surface area contributed by atoms with Crippen molar-refractivity contribution in [3.8, 4) is 6.01 Å². The van der Waals surface area contributed by atoms with E-state index in [2.05, 4.69) is 59.7 Å². The lowest BCUT2D eigenvalue weighted by molar-refractivity contribution is -0.131. The first-order valence-electron chi connectivity index (χ1n) is 16.8. The highest BCUT2D eigenvalue weighted by Crippen LogP contribution is 2.22. The lowest BCUT2D eigenvalue weighted by atomic mass is 9.93. The quantitative estimate of drug-likeness (QED) is 0.0367. The number of ether oxygens (including phenoxy) is 1. The highest BCUT2D eigenvalue weighted by Gasteiger charge is 2.23. The minimum Gasteiger partial charge on any atom is -0.463 e. The average Bonchev–Trinajstić information content (AvgIpc) is 3.39. The summed E-state index contributed by atoms with van der Waals surface area (Å²) in [5.74, 6) is 4.77. The number of anilines is 1. The third-order valence-electron chi connectivity index (χ3n) is 8.54. The van der Waals surface area contributed by atoms with Crippen molar-refractivity contribution in [3.05, 3.63) is 45.9 Å². The fourth-order valence-electron chi connectivity index (χ4n) is 5.81. The van der Waals surface area contributed by atoms with Crippen molar-refractivity contribution in [3.63, 3.8) is 0 Å². The number of unbranched alkanes of at least 4 members (excludes halogenated alkanes) is 1. The Kier molecular flexibility index (Phi) is 14.2. The first-order chi connectivity index (χ1) is 23.7. The number of nitrogen functional groups attached to an aromatic ring is 1. The van der Waals surface area contributed by atoms with E-state index in [1.165, 1.54) is 5.56 Å². The zero-order valence-corrected chi connectivity index (χ0v) is 28.1. The molecule has 268 valence electrons. The van der Waals surface area contributed by atoms with Crippen molar-refractivity contribution in [2.75, 3.05) is 45.1 Å². The number of fused-ring (bicyclic) bond motifs is 1. The second-order valence-corrected chi connectivity index (χ2v) is 12.3. The number of likely N-dealkylation sites (tertiary alicyclic amines) is 1. The van der Waals surface area contributed by atoms with Crippen LogP contribution in [0.2, 0.25) is 0 Å². The van der Waals surface area contributed by atoms with Crippen LogP contribution >= 0.6 is 0 Å². The van der Waals surface area contributed by atoms with Crippen molar-refractivity contribution < 1.29 is 19.2 Å². The fourth-order valence-corrected chi connectivity index (χ4v) is 5.81. The minimum absolute atomic E-state index is 0.146. The van der Waals surface area contributed by atoms with E-state index >= 15 is 0 Å². The van der Waals surface area contributed by atoms with E-state index in [4.69, 9.17) is 27.5 Å². The molecule has 0 saturated carbocycles. The predicted octanol–water partition coefficient (Wildman–Crippen LogP) is 0.286. The molecule has 1 atom stereocenters. The molecule has 17 nitrogen and oxygen atoms in total. The molecule has 1 aromatic carbocycles. The van der Waals surface area contributed by atoms with Gasteiger partial charge in [0.05, 0.1) is 13.2 Å². The number of hydrogen-bond donors (Lipinski definition) is 8. The smallest absolute Gasteiger partial charge is 0.328 e. The first-order valence-corrected chi connectivity index (χ1v) is 16.8. The van der Waals surface area contributed by atoms with Crippen LogP contribution in [0, 0.1) is 11.3 Å². The van der Waals surface area contributed by atoms with Crippen LogP contribution in [0.1, 0.15) is 63.0 Å². The SMILES string of the molecule is CCCCOc1nc(N)c2[nH]c(=O)n(Cc3ccc(CN4CCC(CCNC(=O)C(CCCNC(=N)N)NC(=O)CON)CC4)cc3)c2n1. The van der Waals surface area contributed by atoms with Gasteiger partial charge < -0.3 is 37.1 Å². The van der Waals surface area contributed by atoms with Crippen molar-refractivity contribution in [2.45, 2.75) is 71.0 Å². The van der Waals surface area contributed by atoms with Gasteiger partial charge in [0.2, 0.25) is 11.8 Å². The lowest BCUT2D eigenvalue weighted by Gasteiger charge is -2.32. The van der Waals surface area contributed by atoms with Gasteiger partial charge in [-0.05, 0) is 68.7 Å². The number of rotatable bonds is 19. The Balaban J connectivity index is 1.22. The Morgan fingerprint density at radius 2 is 1.80 bits per heavy atom. The molecule has 1 unspecified atom stereocenters. The summed E-state index contributed by atoms with van der Waals surface area (Å²) in [5.41, 5.74) is 14.0. The molecule has 3 aromatic rings. The van der Waals surface area contributed by atoms with Crippen LogP contribution in [-0.2, 0) is 27.5 Å². The number of nitrogens with zero attached hydrogens (tertiary/aromatic N) is 4. The van der Waals surface area contributed by atoms with E-state index in [0.717, 1.165) is 57.3 Å². The second-order valence-electron chi connectivity index (χ2n) is 12.3. The molecule has 1 aliphatic heterocycles. The largest absolute Gasteiger partial charge is 0.463 e. The second kappa shape index (κ2) is 18.7. The Labute approximate surface area is 285 Å². The summed E-state index contributed by atoms with van der Waals surface area (Å²) in [6.07, 6.45) is 5.66. The van der Waals surface area contributed by atoms with Crippen molar-refractivity contribution in [1.29, 1.82) is 5.41 Å². The van der Waals surface area contributed by atoms with Crippen LogP contribution in [0.5, 0.6) is 6.01 Å². The lowest BCUT2D eigenvalue weighted by Crippen LogP contribution is -2.48. The number of imidazole rings is 1. The normalized spacial score (nSPS) is 14.4. The number of carbonyl (C=O) groups excluding carboxylic acids is 2. The van der Waals surface area contributed by atoms with E-state index in [1.807, 2.05) is 12.1 Å².